The second-order valence-corrected chi connectivity index (χ2v) is 22.6. The average Bonchev–Trinajstić information content (AvgIpc) is 4.00. The second-order valence-electron chi connectivity index (χ2n) is 22.6. The summed E-state index contributed by atoms with van der Waals surface area (Å²) in [6, 6.07) is 1.83. The number of rotatable bonds is 4. The zero-order chi connectivity index (χ0) is 45.1. The van der Waals surface area contributed by atoms with E-state index in [1.165, 1.54) is 13.8 Å². The normalized spacial score (nSPS) is 41.1. The molecule has 2 spiro atoms. The Morgan fingerprint density at radius 3 is 1.95 bits per heavy atom. The van der Waals surface area contributed by atoms with E-state index in [1.54, 1.807) is 7.11 Å². The molecule has 63 heavy (non-hydrogen) atoms. The molecule has 0 aromatic heterocycles. The van der Waals surface area contributed by atoms with Crippen LogP contribution in [0.2, 0.25) is 0 Å². The van der Waals surface area contributed by atoms with Gasteiger partial charge in [-0.2, -0.15) is 0 Å². The molecule has 4 fully saturated rings. The van der Waals surface area contributed by atoms with Crippen LogP contribution in [-0.2, 0) is 59.3 Å². The number of carbonyl (C=O) groups excluding carboxylic acids is 2. The van der Waals surface area contributed by atoms with Crippen molar-refractivity contribution in [2.75, 3.05) is 7.11 Å². The zero-order valence-corrected chi connectivity index (χ0v) is 39.1. The molecule has 10 rings (SSSR count). The summed E-state index contributed by atoms with van der Waals surface area (Å²) in [4.78, 5) is 25.2. The quantitative estimate of drug-likeness (QED) is 0.251. The Hall–Kier alpha value is -3.58. The van der Waals surface area contributed by atoms with E-state index in [4.69, 9.17) is 33.2 Å². The van der Waals surface area contributed by atoms with Gasteiger partial charge in [0.2, 0.25) is 0 Å². The van der Waals surface area contributed by atoms with Crippen LogP contribution in [-0.4, -0.2) is 63.9 Å². The molecule has 0 saturated heterocycles. The highest BCUT2D eigenvalue weighted by molar-refractivity contribution is 5.69. The first-order valence-corrected chi connectivity index (χ1v) is 23.5. The van der Waals surface area contributed by atoms with Gasteiger partial charge in [-0.1, -0.05) is 55.4 Å². The number of aliphatic hydroxyl groups is 1. The van der Waals surface area contributed by atoms with Crippen molar-refractivity contribution in [3.05, 3.63) is 45.0 Å². The second kappa shape index (κ2) is 14.0. The Labute approximate surface area is 371 Å². The molecule has 4 aliphatic heterocycles. The highest BCUT2D eigenvalue weighted by atomic mass is 16.7. The summed E-state index contributed by atoms with van der Waals surface area (Å²) in [5.41, 5.74) is 1.96. The number of benzene rings is 2. The molecule has 3 N–H and O–H groups in total. The van der Waals surface area contributed by atoms with Gasteiger partial charge in [-0.05, 0) is 91.2 Å². The van der Waals surface area contributed by atoms with E-state index in [9.17, 15) is 24.9 Å². The molecule has 2 aromatic rings. The van der Waals surface area contributed by atoms with Crippen molar-refractivity contribution in [2.45, 2.75) is 182 Å². The molecule has 4 heterocycles. The van der Waals surface area contributed by atoms with Crippen LogP contribution in [0.5, 0.6) is 23.0 Å². The van der Waals surface area contributed by atoms with Gasteiger partial charge in [-0.15, -0.1) is 0 Å². The topological polar surface area (TPSA) is 159 Å². The van der Waals surface area contributed by atoms with Crippen LogP contribution in [0, 0.1) is 45.3 Å². The van der Waals surface area contributed by atoms with Crippen LogP contribution < -0.4 is 9.47 Å². The molecule has 4 aliphatic carbocycles. The first-order valence-electron chi connectivity index (χ1n) is 23.5. The van der Waals surface area contributed by atoms with Crippen LogP contribution in [0.4, 0.5) is 0 Å². The summed E-state index contributed by atoms with van der Waals surface area (Å²) in [6.07, 6.45) is 3.26. The van der Waals surface area contributed by atoms with Gasteiger partial charge in [0.15, 0.2) is 6.29 Å². The van der Waals surface area contributed by atoms with Crippen LogP contribution in [0.1, 0.15) is 166 Å². The zero-order valence-electron chi connectivity index (χ0n) is 39.1. The summed E-state index contributed by atoms with van der Waals surface area (Å²) in [7, 11) is 1.61. The number of hydrogen-bond donors (Lipinski definition) is 3. The summed E-state index contributed by atoms with van der Waals surface area (Å²) >= 11 is 0. The van der Waals surface area contributed by atoms with E-state index >= 15 is 0 Å². The Balaban J connectivity index is 1.10. The number of hydrogen-bond acceptors (Lipinski definition) is 12. The molecule has 0 bridgehead atoms. The fraction of sp³-hybridized carbons (Fsp3) is 0.725. The number of ether oxygens (including phenoxy) is 7. The van der Waals surface area contributed by atoms with Gasteiger partial charge < -0.3 is 48.5 Å². The smallest absolute Gasteiger partial charge is 0.303 e. The van der Waals surface area contributed by atoms with Crippen molar-refractivity contribution in [1.29, 1.82) is 0 Å². The van der Waals surface area contributed by atoms with Gasteiger partial charge in [0.05, 0.1) is 24.9 Å². The standard InChI is InChI=1S/C51H68O12/c1-24-12-14-34-46(5,6)36(55)16-17-48(34,9)50(24)19-29-32(54)18-28-22-58-43(37(28)41(29)62-50)38-31-23-59-45(57-11)39(31)42-30(40(38)56)20-51(63-42)25(2)13-15-35-47(7,8)44(61-27(4)53)33(60-26(3)52)21-49(35,51)10/h18,24-25,33-36,43-45,54-56H,12-17,19-23H2,1-11H3/t24-,25-,33-,34+,35+,36-,43-,44-,45-,48+,49+,50-,51-/m1/s1. The number of methoxy groups -OCH3 is 1. The van der Waals surface area contributed by atoms with E-state index < -0.39 is 64.7 Å². The molecule has 13 atom stereocenters. The fourth-order valence-electron chi connectivity index (χ4n) is 16.0. The lowest BCUT2D eigenvalue weighted by Gasteiger charge is -2.65. The minimum atomic E-state index is -0.846. The maximum Gasteiger partial charge on any atom is 0.303 e. The molecule has 0 amide bonds. The van der Waals surface area contributed by atoms with Crippen LogP contribution in [0.25, 0.3) is 0 Å². The minimum Gasteiger partial charge on any atom is -0.508 e. The Bertz CT molecular complexity index is 2280. The molecule has 8 aliphatic rings. The molecule has 12 nitrogen and oxygen atoms in total. The maximum absolute atomic E-state index is 13.0. The third-order valence-corrected chi connectivity index (χ3v) is 19.1. The van der Waals surface area contributed by atoms with E-state index in [1.807, 2.05) is 6.07 Å². The van der Waals surface area contributed by atoms with Crippen LogP contribution >= 0.6 is 0 Å². The van der Waals surface area contributed by atoms with Gasteiger partial charge in [0.25, 0.3) is 0 Å². The van der Waals surface area contributed by atoms with Crippen molar-refractivity contribution < 1.29 is 58.1 Å². The van der Waals surface area contributed by atoms with E-state index in [-0.39, 0.29) is 59.2 Å². The van der Waals surface area contributed by atoms with Crippen molar-refractivity contribution in [3.63, 3.8) is 0 Å². The Kier molecular flexibility index (Phi) is 9.61. The number of phenolic OH excluding ortho intramolecular Hbond substituents is 2. The molecule has 0 radical (unpaired) electrons. The number of aliphatic hydroxyl groups excluding tert-OH is 1. The maximum atomic E-state index is 13.0. The predicted molar refractivity (Wildman–Crippen MR) is 230 cm³/mol. The monoisotopic (exact) mass is 872 g/mol. The Morgan fingerprint density at radius 2 is 1.32 bits per heavy atom. The average molecular weight is 873 g/mol. The summed E-state index contributed by atoms with van der Waals surface area (Å²) in [5, 5.41) is 36.1. The molecular weight excluding hydrogens is 805 g/mol. The molecular formula is C51H68O12. The molecule has 12 heteroatoms. The first kappa shape index (κ1) is 43.3. The van der Waals surface area contributed by atoms with Crippen molar-refractivity contribution in [1.82, 2.24) is 0 Å². The summed E-state index contributed by atoms with van der Waals surface area (Å²) in [5.74, 6) is 1.08. The number of fused-ring (bicyclic) bond motifs is 10. The number of aromatic hydroxyl groups is 2. The predicted octanol–water partition coefficient (Wildman–Crippen LogP) is 8.82. The number of carbonyl (C=O) groups is 2. The van der Waals surface area contributed by atoms with E-state index in [2.05, 4.69) is 55.4 Å². The van der Waals surface area contributed by atoms with Gasteiger partial charge in [-0.3, -0.25) is 9.59 Å². The van der Waals surface area contributed by atoms with Gasteiger partial charge in [-0.25, -0.2) is 0 Å². The van der Waals surface area contributed by atoms with E-state index in [0.717, 1.165) is 59.9 Å². The van der Waals surface area contributed by atoms with Crippen molar-refractivity contribution >= 4 is 11.9 Å². The Morgan fingerprint density at radius 1 is 0.714 bits per heavy atom. The van der Waals surface area contributed by atoms with Gasteiger partial charge in [0, 0.05) is 72.3 Å². The molecule has 2 aromatic carbocycles. The molecule has 0 unspecified atom stereocenters. The lowest BCUT2D eigenvalue weighted by molar-refractivity contribution is -0.251. The largest absolute Gasteiger partial charge is 0.508 e. The lowest BCUT2D eigenvalue weighted by Crippen LogP contribution is -2.70. The van der Waals surface area contributed by atoms with Crippen LogP contribution in [0.3, 0.4) is 0 Å². The third-order valence-electron chi connectivity index (χ3n) is 19.1. The van der Waals surface area contributed by atoms with Crippen molar-refractivity contribution in [3.8, 4) is 23.0 Å². The summed E-state index contributed by atoms with van der Waals surface area (Å²) < 4.78 is 46.3. The number of phenols is 2. The highest BCUT2D eigenvalue weighted by Crippen LogP contribution is 2.71. The molecule has 4 saturated carbocycles. The van der Waals surface area contributed by atoms with Gasteiger partial charge in [0.1, 0.15) is 52.5 Å². The third kappa shape index (κ3) is 5.53. The SMILES string of the molecule is CO[C@@H]1OCc2c1c1c(c(O)c2[C@@H]2OCc3cc(O)c4c(c32)O[C@]2(C4)[C@H](C)CC[C@H]3C(C)(C)[C@H](O)CC[C@@]32C)C[C@@]2(O1)[C@H](C)CC[C@H]1C(C)(C)[C@H](OC(C)=O)[C@H](OC(C)=O)C[C@@]12C. The van der Waals surface area contributed by atoms with E-state index in [0.29, 0.717) is 48.3 Å². The van der Waals surface area contributed by atoms with Crippen LogP contribution in [0.15, 0.2) is 6.07 Å². The van der Waals surface area contributed by atoms with Gasteiger partial charge >= 0.3 is 11.9 Å². The van der Waals surface area contributed by atoms with Crippen molar-refractivity contribution in [2.24, 2.45) is 45.3 Å². The summed E-state index contributed by atoms with van der Waals surface area (Å²) in [6.45, 7) is 20.9. The fourth-order valence-corrected chi connectivity index (χ4v) is 16.0. The minimum absolute atomic E-state index is 0.00206. The first-order chi connectivity index (χ1) is 29.6. The highest BCUT2D eigenvalue weighted by Gasteiger charge is 2.71. The lowest BCUT2D eigenvalue weighted by atomic mass is 9.43. The molecule has 344 valence electrons. The number of esters is 2.